The highest BCUT2D eigenvalue weighted by atomic mass is 32.1. The number of ether oxygens (including phenoxy) is 1. The molecule has 0 saturated carbocycles. The molecular formula is C27H33N3O2S. The highest BCUT2D eigenvalue weighted by molar-refractivity contribution is 7.13. The van der Waals surface area contributed by atoms with Crippen molar-refractivity contribution in [2.45, 2.75) is 31.6 Å². The third-order valence-electron chi connectivity index (χ3n) is 6.87. The zero-order valence-corrected chi connectivity index (χ0v) is 20.4. The zero-order valence-electron chi connectivity index (χ0n) is 19.6. The maximum absolute atomic E-state index is 12.8. The fourth-order valence-electron chi connectivity index (χ4n) is 4.86. The van der Waals surface area contributed by atoms with Crippen LogP contribution in [0.15, 0.2) is 66.2 Å². The van der Waals surface area contributed by atoms with E-state index in [9.17, 15) is 4.79 Å². The second-order valence-corrected chi connectivity index (χ2v) is 9.50. The van der Waals surface area contributed by atoms with Gasteiger partial charge in [0.2, 0.25) is 0 Å². The molecule has 4 rings (SSSR count). The Kier molecular flexibility index (Phi) is 7.78. The number of anilines is 1. The molecule has 0 N–H and O–H groups in total. The van der Waals surface area contributed by atoms with Crippen LogP contribution in [0.1, 0.15) is 31.7 Å². The minimum atomic E-state index is -0.559. The predicted molar refractivity (Wildman–Crippen MR) is 136 cm³/mol. The van der Waals surface area contributed by atoms with Gasteiger partial charge in [-0.25, -0.2) is 4.98 Å². The normalized spacial score (nSPS) is 16.4. The van der Waals surface area contributed by atoms with Crippen molar-refractivity contribution in [1.82, 2.24) is 9.88 Å². The van der Waals surface area contributed by atoms with Gasteiger partial charge in [-0.05, 0) is 55.6 Å². The standard InChI is InChI=1S/C27H33N3O2S/c1-3-27(26(31)32-2,23-8-5-4-6-9-23)14-7-16-29-17-19-30(20-18-29)24-12-10-22(11-13-24)25-28-15-21-33-25/h4-6,8-13,15,21H,3,7,14,16-20H2,1-2H3. The van der Waals surface area contributed by atoms with Crippen molar-refractivity contribution in [2.24, 2.45) is 0 Å². The molecule has 0 aliphatic carbocycles. The minimum absolute atomic E-state index is 0.123. The first-order valence-electron chi connectivity index (χ1n) is 11.8. The van der Waals surface area contributed by atoms with Crippen LogP contribution in [-0.2, 0) is 14.9 Å². The van der Waals surface area contributed by atoms with Crippen molar-refractivity contribution < 1.29 is 9.53 Å². The Morgan fingerprint density at radius 1 is 1.06 bits per heavy atom. The monoisotopic (exact) mass is 463 g/mol. The molecule has 174 valence electrons. The molecule has 0 spiro atoms. The number of piperazine rings is 1. The molecule has 6 heteroatoms. The lowest BCUT2D eigenvalue weighted by atomic mass is 9.74. The number of nitrogens with zero attached hydrogens (tertiary/aromatic N) is 3. The van der Waals surface area contributed by atoms with Crippen LogP contribution in [-0.4, -0.2) is 55.7 Å². The molecule has 1 saturated heterocycles. The molecule has 3 aromatic rings. The molecule has 1 aliphatic rings. The van der Waals surface area contributed by atoms with Crippen molar-refractivity contribution in [2.75, 3.05) is 44.7 Å². The van der Waals surface area contributed by atoms with Gasteiger partial charge in [0.15, 0.2) is 0 Å². The Hall–Kier alpha value is -2.70. The largest absolute Gasteiger partial charge is 0.468 e. The molecule has 1 fully saturated rings. The first-order chi connectivity index (χ1) is 16.2. The van der Waals surface area contributed by atoms with Crippen molar-refractivity contribution in [3.8, 4) is 10.6 Å². The van der Waals surface area contributed by atoms with Gasteiger partial charge in [0, 0.05) is 49.0 Å². The average Bonchev–Trinajstić information content (AvgIpc) is 3.43. The van der Waals surface area contributed by atoms with Crippen molar-refractivity contribution in [3.63, 3.8) is 0 Å². The molecule has 0 radical (unpaired) electrons. The molecule has 0 amide bonds. The Labute approximate surface area is 201 Å². The molecule has 1 unspecified atom stereocenters. The third kappa shape index (κ3) is 5.28. The first-order valence-corrected chi connectivity index (χ1v) is 12.7. The summed E-state index contributed by atoms with van der Waals surface area (Å²) in [6.07, 6.45) is 4.37. The Morgan fingerprint density at radius 2 is 1.79 bits per heavy atom. The summed E-state index contributed by atoms with van der Waals surface area (Å²) in [4.78, 5) is 22.2. The lowest BCUT2D eigenvalue weighted by Crippen LogP contribution is -2.47. The fraction of sp³-hybridized carbons (Fsp3) is 0.407. The van der Waals surface area contributed by atoms with Gasteiger partial charge >= 0.3 is 5.97 Å². The van der Waals surface area contributed by atoms with Gasteiger partial charge in [0.05, 0.1) is 12.5 Å². The van der Waals surface area contributed by atoms with Crippen LogP contribution in [0, 0.1) is 0 Å². The molecule has 1 aromatic heterocycles. The Balaban J connectivity index is 1.30. The Bertz CT molecular complexity index is 1000. The summed E-state index contributed by atoms with van der Waals surface area (Å²) >= 11 is 1.67. The van der Waals surface area contributed by atoms with E-state index in [1.54, 1.807) is 11.3 Å². The SMILES string of the molecule is CCC(CCCN1CCN(c2ccc(-c3nccs3)cc2)CC1)(C(=O)OC)c1ccccc1. The van der Waals surface area contributed by atoms with Crippen molar-refractivity contribution in [1.29, 1.82) is 0 Å². The summed E-state index contributed by atoms with van der Waals surface area (Å²) in [6.45, 7) is 7.20. The van der Waals surface area contributed by atoms with E-state index in [0.717, 1.165) is 62.6 Å². The van der Waals surface area contributed by atoms with Gasteiger partial charge in [-0.3, -0.25) is 9.69 Å². The first kappa shape index (κ1) is 23.5. The second-order valence-electron chi connectivity index (χ2n) is 8.61. The van der Waals surface area contributed by atoms with Gasteiger partial charge in [0.1, 0.15) is 5.01 Å². The van der Waals surface area contributed by atoms with Crippen LogP contribution in [0.5, 0.6) is 0 Å². The van der Waals surface area contributed by atoms with Crippen LogP contribution < -0.4 is 4.90 Å². The quantitative estimate of drug-likeness (QED) is 0.407. The maximum atomic E-state index is 12.8. The molecule has 5 nitrogen and oxygen atoms in total. The van der Waals surface area contributed by atoms with Crippen LogP contribution in [0.2, 0.25) is 0 Å². The number of thiazole rings is 1. The lowest BCUT2D eigenvalue weighted by molar-refractivity contribution is -0.148. The van der Waals surface area contributed by atoms with Crippen LogP contribution in [0.3, 0.4) is 0 Å². The van der Waals surface area contributed by atoms with Gasteiger partial charge < -0.3 is 9.64 Å². The molecule has 0 bridgehead atoms. The maximum Gasteiger partial charge on any atom is 0.316 e. The predicted octanol–water partition coefficient (Wildman–Crippen LogP) is 5.23. The highest BCUT2D eigenvalue weighted by Crippen LogP contribution is 2.34. The van der Waals surface area contributed by atoms with Gasteiger partial charge in [0.25, 0.3) is 0 Å². The number of hydrogen-bond acceptors (Lipinski definition) is 6. The number of carbonyl (C=O) groups is 1. The van der Waals surface area contributed by atoms with E-state index in [0.29, 0.717) is 0 Å². The lowest BCUT2D eigenvalue weighted by Gasteiger charge is -2.37. The third-order valence-corrected chi connectivity index (χ3v) is 7.69. The number of methoxy groups -OCH3 is 1. The highest BCUT2D eigenvalue weighted by Gasteiger charge is 2.39. The van der Waals surface area contributed by atoms with Gasteiger partial charge in [-0.2, -0.15) is 0 Å². The van der Waals surface area contributed by atoms with E-state index in [1.165, 1.54) is 18.4 Å². The second kappa shape index (κ2) is 10.9. The summed E-state index contributed by atoms with van der Waals surface area (Å²) in [7, 11) is 1.50. The Morgan fingerprint density at radius 3 is 2.39 bits per heavy atom. The van der Waals surface area contributed by atoms with Crippen LogP contribution in [0.4, 0.5) is 5.69 Å². The molecule has 1 atom stereocenters. The number of rotatable bonds is 9. The van der Waals surface area contributed by atoms with E-state index < -0.39 is 5.41 Å². The number of aromatic nitrogens is 1. The average molecular weight is 464 g/mol. The summed E-state index contributed by atoms with van der Waals surface area (Å²) in [5.41, 5.74) is 2.95. The summed E-state index contributed by atoms with van der Waals surface area (Å²) in [5.74, 6) is -0.123. The zero-order chi connectivity index (χ0) is 23.1. The van der Waals surface area contributed by atoms with Crippen molar-refractivity contribution in [3.05, 3.63) is 71.7 Å². The van der Waals surface area contributed by atoms with E-state index in [-0.39, 0.29) is 5.97 Å². The summed E-state index contributed by atoms with van der Waals surface area (Å²) in [6, 6.07) is 18.9. The molecule has 33 heavy (non-hydrogen) atoms. The number of hydrogen-bond donors (Lipinski definition) is 0. The minimum Gasteiger partial charge on any atom is -0.468 e. The van der Waals surface area contributed by atoms with E-state index in [2.05, 4.69) is 58.1 Å². The van der Waals surface area contributed by atoms with Gasteiger partial charge in [-0.15, -0.1) is 11.3 Å². The topological polar surface area (TPSA) is 45.7 Å². The van der Waals surface area contributed by atoms with E-state index in [4.69, 9.17) is 4.74 Å². The molecule has 1 aliphatic heterocycles. The summed E-state index contributed by atoms with van der Waals surface area (Å²) < 4.78 is 5.24. The van der Waals surface area contributed by atoms with Gasteiger partial charge in [-0.1, -0.05) is 37.3 Å². The molecule has 2 heterocycles. The van der Waals surface area contributed by atoms with Crippen LogP contribution >= 0.6 is 11.3 Å². The smallest absolute Gasteiger partial charge is 0.316 e. The van der Waals surface area contributed by atoms with Crippen molar-refractivity contribution >= 4 is 23.0 Å². The molecule has 2 aromatic carbocycles. The molecular weight excluding hydrogens is 430 g/mol. The van der Waals surface area contributed by atoms with E-state index >= 15 is 0 Å². The number of carbonyl (C=O) groups excluding carboxylic acids is 1. The fourth-order valence-corrected chi connectivity index (χ4v) is 5.50. The van der Waals surface area contributed by atoms with E-state index in [1.807, 2.05) is 29.8 Å². The number of esters is 1. The number of benzene rings is 2. The van der Waals surface area contributed by atoms with Crippen LogP contribution in [0.25, 0.3) is 10.6 Å². The summed E-state index contributed by atoms with van der Waals surface area (Å²) in [5, 5.41) is 3.08.